The first-order valence-electron chi connectivity index (χ1n) is 21.0. The molecule has 59 heavy (non-hydrogen) atoms. The van der Waals surface area contributed by atoms with Crippen LogP contribution in [0.5, 0.6) is 0 Å². The van der Waals surface area contributed by atoms with Gasteiger partial charge in [0.15, 0.2) is 23.1 Å². The summed E-state index contributed by atoms with van der Waals surface area (Å²) in [6.07, 6.45) is 17.6. The minimum atomic E-state index is -0.226. The number of rotatable bonds is 2. The molecule has 2 fully saturated rings. The van der Waals surface area contributed by atoms with Crippen molar-refractivity contribution in [3.63, 3.8) is 0 Å². The summed E-state index contributed by atoms with van der Waals surface area (Å²) in [5.74, 6) is -0.684. The molecule has 0 unspecified atom stereocenters. The third kappa shape index (κ3) is 4.53. The average Bonchev–Trinajstić information content (AvgIpc) is 4.10. The zero-order chi connectivity index (χ0) is 39.4. The van der Waals surface area contributed by atoms with Crippen molar-refractivity contribution in [2.75, 3.05) is 0 Å². The SMILES string of the molecule is O=C1C(=CC2=CC3=C(c4sc5c(sc6cc(C=C7C(=O)c8cc9ccccc9cc8C7=O)sc65)c4C34CCCCC4)C23CCCCC3)C(=O)c2cc3ccccc3cc21. The van der Waals surface area contributed by atoms with Crippen LogP contribution in [0.15, 0.2) is 113 Å². The predicted molar refractivity (Wildman–Crippen MR) is 242 cm³/mol. The van der Waals surface area contributed by atoms with E-state index in [0.717, 1.165) is 64.9 Å². The van der Waals surface area contributed by atoms with Crippen LogP contribution in [-0.4, -0.2) is 23.1 Å². The first-order valence-corrected chi connectivity index (χ1v) is 23.4. The molecule has 7 heteroatoms. The molecule has 4 nitrogen and oxygen atoms in total. The molecule has 13 rings (SSSR count). The van der Waals surface area contributed by atoms with Crippen molar-refractivity contribution < 1.29 is 19.2 Å². The van der Waals surface area contributed by atoms with Crippen molar-refractivity contribution in [3.8, 4) is 0 Å². The van der Waals surface area contributed by atoms with Crippen LogP contribution >= 0.6 is 34.0 Å². The van der Waals surface area contributed by atoms with E-state index >= 15 is 0 Å². The molecule has 3 aromatic heterocycles. The Morgan fingerprint density at radius 3 is 1.51 bits per heavy atom. The predicted octanol–water partition coefficient (Wildman–Crippen LogP) is 13.8. The lowest BCUT2D eigenvalue weighted by Gasteiger charge is -2.38. The summed E-state index contributed by atoms with van der Waals surface area (Å²) in [6.45, 7) is 0. The van der Waals surface area contributed by atoms with Crippen LogP contribution in [-0.2, 0) is 5.41 Å². The van der Waals surface area contributed by atoms with Gasteiger partial charge in [0.2, 0.25) is 0 Å². The molecule has 7 aromatic rings. The number of carbonyl (C=O) groups is 4. The summed E-state index contributed by atoms with van der Waals surface area (Å²) in [4.78, 5) is 58.0. The van der Waals surface area contributed by atoms with Gasteiger partial charge in [-0.15, -0.1) is 34.0 Å². The number of benzene rings is 4. The van der Waals surface area contributed by atoms with Crippen molar-refractivity contribution in [2.45, 2.75) is 69.6 Å². The smallest absolute Gasteiger partial charge is 0.197 e. The Labute approximate surface area is 352 Å². The number of carbonyl (C=O) groups excluding carboxylic acids is 4. The maximum Gasteiger partial charge on any atom is 0.197 e. The number of hydrogen-bond donors (Lipinski definition) is 0. The molecular weight excluding hydrogens is 785 g/mol. The number of ketones is 4. The highest BCUT2D eigenvalue weighted by Gasteiger charge is 2.57. The molecule has 0 saturated heterocycles. The largest absolute Gasteiger partial charge is 0.288 e. The lowest BCUT2D eigenvalue weighted by Crippen LogP contribution is -2.28. The fraction of sp³-hybridized carbons (Fsp3) is 0.231. The summed E-state index contributed by atoms with van der Waals surface area (Å²) in [7, 11) is 0. The molecule has 0 atom stereocenters. The average molecular weight is 821 g/mol. The lowest BCUT2D eigenvalue weighted by atomic mass is 9.66. The quantitative estimate of drug-likeness (QED) is 0.129. The monoisotopic (exact) mass is 820 g/mol. The number of thiophene rings is 3. The van der Waals surface area contributed by atoms with Crippen LogP contribution in [0.25, 0.3) is 52.0 Å². The fourth-order valence-electron chi connectivity index (χ4n) is 11.8. The molecule has 3 heterocycles. The van der Waals surface area contributed by atoms with Crippen LogP contribution in [0.4, 0.5) is 0 Å². The first-order chi connectivity index (χ1) is 28.8. The van der Waals surface area contributed by atoms with E-state index in [1.165, 1.54) is 71.6 Å². The van der Waals surface area contributed by atoms with Crippen molar-refractivity contribution in [1.82, 2.24) is 0 Å². The maximum absolute atomic E-state index is 14.1. The third-order valence-electron chi connectivity index (χ3n) is 14.6. The van der Waals surface area contributed by atoms with E-state index in [0.29, 0.717) is 27.8 Å². The van der Waals surface area contributed by atoms with Gasteiger partial charge in [-0.25, -0.2) is 0 Å². The van der Waals surface area contributed by atoms with Gasteiger partial charge in [-0.3, -0.25) is 19.2 Å². The van der Waals surface area contributed by atoms with Gasteiger partial charge in [0, 0.05) is 47.5 Å². The Hall–Kier alpha value is -5.34. The van der Waals surface area contributed by atoms with E-state index in [1.807, 2.05) is 108 Å². The fourth-order valence-corrected chi connectivity index (χ4v) is 16.4. The van der Waals surface area contributed by atoms with E-state index < -0.39 is 0 Å². The first kappa shape index (κ1) is 34.5. The van der Waals surface area contributed by atoms with Crippen LogP contribution in [0.1, 0.15) is 121 Å². The van der Waals surface area contributed by atoms with Crippen molar-refractivity contribution >= 4 is 109 Å². The molecule has 0 radical (unpaired) electrons. The number of hydrogen-bond acceptors (Lipinski definition) is 7. The topological polar surface area (TPSA) is 68.3 Å². The molecular formula is C52H36O4S3. The van der Waals surface area contributed by atoms with Crippen LogP contribution < -0.4 is 0 Å². The second kappa shape index (κ2) is 12.1. The number of Topliss-reactive ketones (excluding diaryl/α,β-unsaturated/α-hetero) is 4. The highest BCUT2D eigenvalue weighted by Crippen LogP contribution is 2.70. The zero-order valence-electron chi connectivity index (χ0n) is 32.2. The van der Waals surface area contributed by atoms with E-state index in [9.17, 15) is 19.2 Å². The van der Waals surface area contributed by atoms with Gasteiger partial charge in [0.1, 0.15) is 0 Å². The maximum atomic E-state index is 14.1. The Bertz CT molecular complexity index is 3190. The molecule has 4 aromatic carbocycles. The molecule has 6 aliphatic rings. The summed E-state index contributed by atoms with van der Waals surface area (Å²) >= 11 is 5.51. The van der Waals surface area contributed by atoms with Gasteiger partial charge in [0.25, 0.3) is 0 Å². The zero-order valence-corrected chi connectivity index (χ0v) is 34.6. The standard InChI is InChI=1S/C52H36O4S3/c53-43-33-19-27-11-3-4-12-28(27)20-34(33)44(54)37(43)23-31-24-39-41(51(31)15-7-1-8-16-51)48-42(52(39)17-9-2-10-18-52)49-50(59-48)47-40(58-49)26-32(57-47)25-38-45(55)35-21-29-13-5-6-14-30(29)22-36(35)46(38)56/h3-6,11-14,19-26H,1-2,7-10,15-18H2. The van der Waals surface area contributed by atoms with Gasteiger partial charge in [-0.05, 0) is 112 Å². The normalized spacial score (nSPS) is 20.2. The third-order valence-corrected chi connectivity index (χ3v) is 18.4. The van der Waals surface area contributed by atoms with Gasteiger partial charge >= 0.3 is 0 Å². The van der Waals surface area contributed by atoms with Crippen LogP contribution in [0.3, 0.4) is 0 Å². The van der Waals surface area contributed by atoms with Crippen LogP contribution in [0.2, 0.25) is 0 Å². The van der Waals surface area contributed by atoms with E-state index in [-0.39, 0.29) is 39.5 Å². The lowest BCUT2D eigenvalue weighted by molar-refractivity contribution is 0.0974. The second-order valence-corrected chi connectivity index (χ2v) is 20.7. The number of allylic oxidation sites excluding steroid dienone is 7. The van der Waals surface area contributed by atoms with Gasteiger partial charge in [0.05, 0.1) is 25.2 Å². The van der Waals surface area contributed by atoms with E-state index in [4.69, 9.17) is 0 Å². The Kier molecular flexibility index (Phi) is 7.09. The molecule has 0 bridgehead atoms. The Morgan fingerprint density at radius 1 is 0.492 bits per heavy atom. The van der Waals surface area contributed by atoms with Gasteiger partial charge in [-0.2, -0.15) is 0 Å². The van der Waals surface area contributed by atoms with Gasteiger partial charge < -0.3 is 0 Å². The molecule has 0 amide bonds. The Morgan fingerprint density at radius 2 is 0.983 bits per heavy atom. The van der Waals surface area contributed by atoms with E-state index in [1.54, 1.807) is 11.3 Å². The minimum absolute atomic E-state index is 0.0773. The minimum Gasteiger partial charge on any atom is -0.288 e. The van der Waals surface area contributed by atoms with Crippen molar-refractivity contribution in [2.24, 2.45) is 5.41 Å². The van der Waals surface area contributed by atoms with Gasteiger partial charge in [-0.1, -0.05) is 93.1 Å². The summed E-state index contributed by atoms with van der Waals surface area (Å²) in [5, 5.41) is 3.88. The van der Waals surface area contributed by atoms with Crippen molar-refractivity contribution in [1.29, 1.82) is 0 Å². The summed E-state index contributed by atoms with van der Waals surface area (Å²) < 4.78 is 5.17. The van der Waals surface area contributed by atoms with E-state index in [2.05, 4.69) is 12.1 Å². The molecule has 2 spiro atoms. The van der Waals surface area contributed by atoms with Crippen LogP contribution in [0, 0.1) is 5.41 Å². The molecule has 2 saturated carbocycles. The molecule has 286 valence electrons. The second-order valence-electron chi connectivity index (χ2n) is 17.5. The summed E-state index contributed by atoms with van der Waals surface area (Å²) in [6, 6.07) is 25.6. The highest BCUT2D eigenvalue weighted by atomic mass is 32.1. The molecule has 6 aliphatic carbocycles. The Balaban J connectivity index is 0.929. The highest BCUT2D eigenvalue weighted by molar-refractivity contribution is 7.39. The van der Waals surface area contributed by atoms with Crippen molar-refractivity contribution in [3.05, 3.63) is 151 Å². The number of fused-ring (bicyclic) bond motifs is 13. The summed E-state index contributed by atoms with van der Waals surface area (Å²) in [5.41, 5.74) is 7.93. The molecule has 0 aliphatic heterocycles. The molecule has 0 N–H and O–H groups in total.